The molecule has 0 saturated heterocycles. The van der Waals surface area contributed by atoms with Gasteiger partial charge in [0.25, 0.3) is 0 Å². The zero-order chi connectivity index (χ0) is 16.8. The minimum atomic E-state index is -0.400. The molecule has 3 aromatic carbocycles. The third kappa shape index (κ3) is 3.90. The molecular formula is C22H21NO. The van der Waals surface area contributed by atoms with Gasteiger partial charge in [-0.25, -0.2) is 0 Å². The Morgan fingerprint density at radius 3 is 1.92 bits per heavy atom. The molecule has 0 fully saturated rings. The Morgan fingerprint density at radius 1 is 0.708 bits per heavy atom. The maximum atomic E-state index is 12.0. The number of hydrogen-bond donors (Lipinski definition) is 1. The predicted octanol–water partition coefficient (Wildman–Crippen LogP) is 4.09. The highest BCUT2D eigenvalue weighted by molar-refractivity contribution is 5.85. The topological polar surface area (TPSA) is 43.1 Å². The van der Waals surface area contributed by atoms with Crippen LogP contribution >= 0.6 is 0 Å². The minimum absolute atomic E-state index is 0.318. The molecule has 2 nitrogen and oxygen atoms in total. The number of nitrogens with two attached hydrogens (primary N) is 1. The van der Waals surface area contributed by atoms with E-state index < -0.39 is 5.92 Å². The van der Waals surface area contributed by atoms with Crippen LogP contribution in [-0.4, -0.2) is 5.91 Å². The first-order valence-corrected chi connectivity index (χ1v) is 8.21. The molecular weight excluding hydrogens is 294 g/mol. The average Bonchev–Trinajstić information content (AvgIpc) is 2.62. The molecule has 0 aliphatic carbocycles. The summed E-state index contributed by atoms with van der Waals surface area (Å²) in [6.45, 7) is 0. The van der Waals surface area contributed by atoms with Crippen molar-refractivity contribution in [1.82, 2.24) is 0 Å². The molecule has 0 aromatic heterocycles. The molecule has 0 heterocycles. The summed E-state index contributed by atoms with van der Waals surface area (Å²) in [5, 5.41) is 0. The molecule has 3 rings (SSSR count). The van der Waals surface area contributed by atoms with Gasteiger partial charge in [0, 0.05) is 0 Å². The van der Waals surface area contributed by atoms with Crippen molar-refractivity contribution < 1.29 is 4.79 Å². The monoisotopic (exact) mass is 315 g/mol. The smallest absolute Gasteiger partial charge is 0.229 e. The van der Waals surface area contributed by atoms with Gasteiger partial charge < -0.3 is 5.73 Å². The maximum Gasteiger partial charge on any atom is 0.229 e. The third-order valence-corrected chi connectivity index (χ3v) is 4.25. The zero-order valence-corrected chi connectivity index (χ0v) is 13.6. The number of primary amides is 1. The van der Waals surface area contributed by atoms with Gasteiger partial charge in [-0.05, 0) is 35.1 Å². The van der Waals surface area contributed by atoms with Crippen molar-refractivity contribution in [3.63, 3.8) is 0 Å². The second kappa shape index (κ2) is 7.60. The Bertz CT molecular complexity index is 796. The molecule has 2 N–H and O–H groups in total. The first-order valence-electron chi connectivity index (χ1n) is 8.21. The van der Waals surface area contributed by atoms with E-state index in [1.54, 1.807) is 0 Å². The first-order chi connectivity index (χ1) is 11.7. The third-order valence-electron chi connectivity index (χ3n) is 4.25. The van der Waals surface area contributed by atoms with Crippen molar-refractivity contribution in [3.8, 4) is 0 Å². The van der Waals surface area contributed by atoms with Crippen molar-refractivity contribution >= 4 is 5.91 Å². The van der Waals surface area contributed by atoms with Gasteiger partial charge in [0.1, 0.15) is 0 Å². The molecule has 0 spiro atoms. The number of hydrogen-bond acceptors (Lipinski definition) is 1. The normalized spacial score (nSPS) is 11.8. The maximum absolute atomic E-state index is 12.0. The second-order valence-corrected chi connectivity index (χ2v) is 5.98. The van der Waals surface area contributed by atoms with E-state index in [-0.39, 0.29) is 5.91 Å². The zero-order valence-electron chi connectivity index (χ0n) is 13.6. The fourth-order valence-corrected chi connectivity index (χ4v) is 3.03. The van der Waals surface area contributed by atoms with E-state index >= 15 is 0 Å². The van der Waals surface area contributed by atoms with E-state index in [4.69, 9.17) is 5.73 Å². The van der Waals surface area contributed by atoms with Crippen molar-refractivity contribution in [2.24, 2.45) is 5.73 Å². The predicted molar refractivity (Wildman–Crippen MR) is 97.8 cm³/mol. The van der Waals surface area contributed by atoms with Crippen LogP contribution in [0.5, 0.6) is 0 Å². The summed E-state index contributed by atoms with van der Waals surface area (Å²) in [5.41, 5.74) is 10.1. The Balaban J connectivity index is 1.82. The van der Waals surface area contributed by atoms with E-state index in [1.807, 2.05) is 48.5 Å². The highest BCUT2D eigenvalue weighted by Gasteiger charge is 2.20. The van der Waals surface area contributed by atoms with Crippen LogP contribution in [0, 0.1) is 0 Å². The summed E-state index contributed by atoms with van der Waals surface area (Å²) < 4.78 is 0. The van der Waals surface area contributed by atoms with Crippen LogP contribution < -0.4 is 5.73 Å². The van der Waals surface area contributed by atoms with Crippen LogP contribution in [0.15, 0.2) is 84.9 Å². The van der Waals surface area contributed by atoms with Crippen LogP contribution in [0.1, 0.15) is 28.2 Å². The lowest BCUT2D eigenvalue weighted by atomic mass is 9.89. The Kier molecular flexibility index (Phi) is 5.07. The molecule has 0 saturated carbocycles. The van der Waals surface area contributed by atoms with Gasteiger partial charge in [0.05, 0.1) is 5.92 Å². The average molecular weight is 315 g/mol. The number of carbonyl (C=O) groups excluding carboxylic acids is 1. The molecule has 0 aliphatic heterocycles. The summed E-state index contributed by atoms with van der Waals surface area (Å²) in [6.07, 6.45) is 1.93. The Hall–Kier alpha value is -2.87. The van der Waals surface area contributed by atoms with E-state index in [9.17, 15) is 4.79 Å². The van der Waals surface area contributed by atoms with Gasteiger partial charge in [0.2, 0.25) is 5.91 Å². The highest BCUT2D eigenvalue weighted by atomic mass is 16.1. The van der Waals surface area contributed by atoms with E-state index in [0.29, 0.717) is 0 Å². The quantitative estimate of drug-likeness (QED) is 0.731. The number of rotatable bonds is 6. The summed E-state index contributed by atoms with van der Waals surface area (Å²) in [6, 6.07) is 28.3. The SMILES string of the molecule is NC(=O)C(c1ccccc1)c1cccc(CCc2ccccc2)c1. The molecule has 0 aliphatic rings. The molecule has 0 bridgehead atoms. The summed E-state index contributed by atoms with van der Waals surface area (Å²) in [5.74, 6) is -0.718. The van der Waals surface area contributed by atoms with Crippen molar-refractivity contribution in [2.45, 2.75) is 18.8 Å². The van der Waals surface area contributed by atoms with Crippen LogP contribution in [0.25, 0.3) is 0 Å². The van der Waals surface area contributed by atoms with Crippen molar-refractivity contribution in [3.05, 3.63) is 107 Å². The largest absolute Gasteiger partial charge is 0.369 e. The van der Waals surface area contributed by atoms with Gasteiger partial charge in [-0.3, -0.25) is 4.79 Å². The molecule has 2 heteroatoms. The fraction of sp³-hybridized carbons (Fsp3) is 0.136. The van der Waals surface area contributed by atoms with Gasteiger partial charge in [-0.1, -0.05) is 84.9 Å². The highest BCUT2D eigenvalue weighted by Crippen LogP contribution is 2.25. The van der Waals surface area contributed by atoms with E-state index in [2.05, 4.69) is 36.4 Å². The molecule has 120 valence electrons. The molecule has 1 unspecified atom stereocenters. The van der Waals surface area contributed by atoms with Gasteiger partial charge in [-0.15, -0.1) is 0 Å². The molecule has 0 radical (unpaired) electrons. The van der Waals surface area contributed by atoms with Crippen molar-refractivity contribution in [2.75, 3.05) is 0 Å². The minimum Gasteiger partial charge on any atom is -0.369 e. The van der Waals surface area contributed by atoms with Gasteiger partial charge >= 0.3 is 0 Å². The van der Waals surface area contributed by atoms with Gasteiger partial charge in [0.15, 0.2) is 0 Å². The lowest BCUT2D eigenvalue weighted by Gasteiger charge is -2.15. The lowest BCUT2D eigenvalue weighted by Crippen LogP contribution is -2.22. The summed E-state index contributed by atoms with van der Waals surface area (Å²) >= 11 is 0. The standard InChI is InChI=1S/C22H21NO/c23-22(24)21(19-11-5-2-6-12-19)20-13-7-10-18(16-20)15-14-17-8-3-1-4-9-17/h1-13,16,21H,14-15H2,(H2,23,24). The second-order valence-electron chi connectivity index (χ2n) is 5.98. The first kappa shape index (κ1) is 16.0. The fourth-order valence-electron chi connectivity index (χ4n) is 3.03. The van der Waals surface area contributed by atoms with E-state index in [1.165, 1.54) is 11.1 Å². The van der Waals surface area contributed by atoms with Crippen LogP contribution in [0.3, 0.4) is 0 Å². The number of aryl methyl sites for hydroxylation is 2. The Morgan fingerprint density at radius 2 is 1.25 bits per heavy atom. The van der Waals surface area contributed by atoms with Crippen LogP contribution in [-0.2, 0) is 17.6 Å². The lowest BCUT2D eigenvalue weighted by molar-refractivity contribution is -0.118. The number of benzene rings is 3. The number of carbonyl (C=O) groups is 1. The summed E-state index contributed by atoms with van der Waals surface area (Å²) in [4.78, 5) is 12.0. The molecule has 1 atom stereocenters. The molecule has 3 aromatic rings. The molecule has 24 heavy (non-hydrogen) atoms. The van der Waals surface area contributed by atoms with Crippen molar-refractivity contribution in [1.29, 1.82) is 0 Å². The van der Waals surface area contributed by atoms with Crippen LogP contribution in [0.4, 0.5) is 0 Å². The number of amides is 1. The van der Waals surface area contributed by atoms with Crippen LogP contribution in [0.2, 0.25) is 0 Å². The Labute approximate surface area is 143 Å². The summed E-state index contributed by atoms with van der Waals surface area (Å²) in [7, 11) is 0. The molecule has 1 amide bonds. The van der Waals surface area contributed by atoms with E-state index in [0.717, 1.165) is 24.0 Å². The van der Waals surface area contributed by atoms with Gasteiger partial charge in [-0.2, -0.15) is 0 Å².